The van der Waals surface area contributed by atoms with Crippen LogP contribution in [0.3, 0.4) is 0 Å². The van der Waals surface area contributed by atoms with Gasteiger partial charge in [0.25, 0.3) is 5.56 Å². The van der Waals surface area contributed by atoms with Crippen molar-refractivity contribution < 1.29 is 25.3 Å². The highest BCUT2D eigenvalue weighted by atomic mass is 32.2. The lowest BCUT2D eigenvalue weighted by Crippen LogP contribution is -2.38. The first-order valence-corrected chi connectivity index (χ1v) is 5.31. The molecule has 0 bridgehead atoms. The number of carboxylic acids is 2. The van der Waals surface area contributed by atoms with E-state index in [1.807, 2.05) is 0 Å². The van der Waals surface area contributed by atoms with Crippen molar-refractivity contribution in [1.82, 2.24) is 16.9 Å². The van der Waals surface area contributed by atoms with E-state index in [4.69, 9.17) is 0 Å². The summed E-state index contributed by atoms with van der Waals surface area (Å²) in [6, 6.07) is 1.04. The number of nitrogens with zero attached hydrogens (tertiary/aromatic N) is 1. The zero-order valence-electron chi connectivity index (χ0n) is 10.3. The highest BCUT2D eigenvalue weighted by molar-refractivity contribution is 7.99. The van der Waals surface area contributed by atoms with Crippen molar-refractivity contribution in [3.63, 3.8) is 0 Å². The molecule has 0 amide bonds. The molecule has 0 fully saturated rings. The third-order valence-electron chi connectivity index (χ3n) is 2.24. The fourth-order valence-corrected chi connectivity index (χ4v) is 2.68. The van der Waals surface area contributed by atoms with E-state index < -0.39 is 23.5 Å². The molecule has 0 aliphatic carbocycles. The summed E-state index contributed by atoms with van der Waals surface area (Å²) in [4.78, 5) is 32.8. The lowest BCUT2D eigenvalue weighted by atomic mass is 10.2. The number of pyridine rings is 1. The number of aromatic carboxylic acids is 1. The van der Waals surface area contributed by atoms with Gasteiger partial charge in [0, 0.05) is 17.4 Å². The summed E-state index contributed by atoms with van der Waals surface area (Å²) < 4.78 is 1.02. The largest absolute Gasteiger partial charge is 0.548 e. The molecular weight excluding hydrogens is 278 g/mol. The van der Waals surface area contributed by atoms with Crippen LogP contribution in [0.2, 0.25) is 0 Å². The van der Waals surface area contributed by atoms with Gasteiger partial charge in [-0.1, -0.05) is 0 Å². The van der Waals surface area contributed by atoms with Crippen molar-refractivity contribution >= 4 is 23.7 Å². The maximum atomic E-state index is 11.5. The predicted molar refractivity (Wildman–Crippen MR) is 65.4 cm³/mol. The van der Waals surface area contributed by atoms with Crippen molar-refractivity contribution in [2.45, 2.75) is 11.1 Å². The SMILES string of the molecule is O.O=C([O-])c1cc2n(c(=O)c1)[C@@H](C(=O)[O-])CS2.[NH4+].[NH4+]. The lowest BCUT2D eigenvalue weighted by Gasteiger charge is -2.14. The molecular formula is C9H15N3O6S. The van der Waals surface area contributed by atoms with Crippen LogP contribution in [0.25, 0.3) is 0 Å². The number of hydrogen-bond acceptors (Lipinski definition) is 6. The number of thioether (sulfide) groups is 1. The van der Waals surface area contributed by atoms with Gasteiger partial charge in [-0.3, -0.25) is 9.36 Å². The molecule has 9 nitrogen and oxygen atoms in total. The number of carbonyl (C=O) groups excluding carboxylic acids is 2. The number of rotatable bonds is 2. The van der Waals surface area contributed by atoms with Gasteiger partial charge in [-0.25, -0.2) is 0 Å². The minimum Gasteiger partial charge on any atom is -0.548 e. The standard InChI is InChI=1S/C9H7NO5S.2H3N.H2O/c11-6-1-4(8(12)13)2-7-10(6)5(3-16-7)9(14)15;;;/h1-2,5H,3H2,(H,12,13)(H,14,15);2*1H3;1H2/t5-;;;/m1.../s1. The summed E-state index contributed by atoms with van der Waals surface area (Å²) in [7, 11) is 0. The van der Waals surface area contributed by atoms with Gasteiger partial charge in [0.2, 0.25) is 0 Å². The number of aromatic nitrogens is 1. The number of hydrogen-bond donors (Lipinski definition) is 2. The Bertz CT molecular complexity index is 543. The normalized spacial score (nSPS) is 15.3. The molecule has 1 aliphatic rings. The third-order valence-corrected chi connectivity index (χ3v) is 3.33. The quantitative estimate of drug-likeness (QED) is 0.603. The summed E-state index contributed by atoms with van der Waals surface area (Å²) >= 11 is 1.10. The van der Waals surface area contributed by atoms with Crippen LogP contribution in [0.15, 0.2) is 22.0 Å². The zero-order valence-corrected chi connectivity index (χ0v) is 11.2. The van der Waals surface area contributed by atoms with Crippen LogP contribution < -0.4 is 28.1 Å². The summed E-state index contributed by atoms with van der Waals surface area (Å²) in [6.07, 6.45) is 0. The number of quaternary nitrogens is 2. The van der Waals surface area contributed by atoms with Gasteiger partial charge >= 0.3 is 0 Å². The molecule has 0 spiro atoms. The first-order chi connectivity index (χ1) is 7.50. The van der Waals surface area contributed by atoms with Gasteiger partial charge in [0.15, 0.2) is 0 Å². The smallest absolute Gasteiger partial charge is 0.252 e. The fraction of sp³-hybridized carbons (Fsp3) is 0.222. The van der Waals surface area contributed by atoms with Crippen LogP contribution >= 0.6 is 11.8 Å². The van der Waals surface area contributed by atoms with Gasteiger partial charge in [-0.15, -0.1) is 11.8 Å². The monoisotopic (exact) mass is 293 g/mol. The Morgan fingerprint density at radius 2 is 1.84 bits per heavy atom. The number of fused-ring (bicyclic) bond motifs is 1. The van der Waals surface area contributed by atoms with Crippen molar-refractivity contribution in [3.8, 4) is 0 Å². The van der Waals surface area contributed by atoms with E-state index in [1.165, 1.54) is 6.07 Å². The van der Waals surface area contributed by atoms with E-state index in [2.05, 4.69) is 0 Å². The minimum atomic E-state index is -1.46. The summed E-state index contributed by atoms with van der Waals surface area (Å²) in [5.41, 5.74) is -0.918. The molecule has 2 rings (SSSR count). The topological polar surface area (TPSA) is 207 Å². The summed E-state index contributed by atoms with van der Waals surface area (Å²) in [5, 5.41) is 21.6. The Balaban J connectivity index is 0. The van der Waals surface area contributed by atoms with Crippen LogP contribution in [0.5, 0.6) is 0 Å². The second kappa shape index (κ2) is 6.89. The molecule has 1 atom stereocenters. The Labute approximate surface area is 111 Å². The van der Waals surface area contributed by atoms with Crippen LogP contribution in [0, 0.1) is 0 Å². The first kappa shape index (κ1) is 19.5. The average Bonchev–Trinajstić information content (AvgIpc) is 2.61. The maximum Gasteiger partial charge on any atom is 0.252 e. The van der Waals surface area contributed by atoms with Crippen molar-refractivity contribution in [3.05, 3.63) is 28.0 Å². The average molecular weight is 293 g/mol. The van der Waals surface area contributed by atoms with Crippen molar-refractivity contribution in [2.24, 2.45) is 0 Å². The minimum absolute atomic E-state index is 0. The van der Waals surface area contributed by atoms with Crippen LogP contribution in [0.1, 0.15) is 16.4 Å². The molecule has 0 saturated heterocycles. The number of aliphatic carboxylic acids is 1. The molecule has 1 aromatic rings. The molecule has 10 N–H and O–H groups in total. The van der Waals surface area contributed by atoms with Crippen LogP contribution in [-0.4, -0.2) is 27.7 Å². The number of carboxylic acid groups (broad SMARTS) is 2. The molecule has 1 aromatic heterocycles. The molecule has 0 unspecified atom stereocenters. The first-order valence-electron chi connectivity index (χ1n) is 4.32. The Kier molecular flexibility index (Phi) is 7.06. The fourth-order valence-electron chi connectivity index (χ4n) is 1.50. The van der Waals surface area contributed by atoms with E-state index >= 15 is 0 Å². The third kappa shape index (κ3) is 3.32. The highest BCUT2D eigenvalue weighted by Gasteiger charge is 2.25. The van der Waals surface area contributed by atoms with Crippen molar-refractivity contribution in [2.75, 3.05) is 5.75 Å². The lowest BCUT2D eigenvalue weighted by molar-refractivity contribution is -0.309. The molecule has 10 heteroatoms. The molecule has 108 valence electrons. The van der Waals surface area contributed by atoms with E-state index in [0.29, 0.717) is 5.03 Å². The number of carbonyl (C=O) groups is 2. The molecule has 1 aliphatic heterocycles. The molecule has 0 radical (unpaired) electrons. The zero-order chi connectivity index (χ0) is 11.9. The van der Waals surface area contributed by atoms with Crippen LogP contribution in [-0.2, 0) is 4.79 Å². The Morgan fingerprint density at radius 1 is 1.26 bits per heavy atom. The molecule has 2 heterocycles. The summed E-state index contributed by atoms with van der Waals surface area (Å²) in [5.74, 6) is -2.65. The van der Waals surface area contributed by atoms with E-state index in [-0.39, 0.29) is 29.1 Å². The van der Waals surface area contributed by atoms with Gasteiger partial charge in [-0.05, 0) is 6.07 Å². The predicted octanol–water partition coefficient (Wildman–Crippen LogP) is -2.46. The Morgan fingerprint density at radius 3 is 2.32 bits per heavy atom. The van der Waals surface area contributed by atoms with Gasteiger partial charge in [0.1, 0.15) is 0 Å². The van der Waals surface area contributed by atoms with Crippen molar-refractivity contribution in [1.29, 1.82) is 0 Å². The molecule has 19 heavy (non-hydrogen) atoms. The Hall–Kier alpha value is -1.88. The summed E-state index contributed by atoms with van der Waals surface area (Å²) in [6.45, 7) is 0. The maximum absolute atomic E-state index is 11.5. The second-order valence-electron chi connectivity index (χ2n) is 3.22. The van der Waals surface area contributed by atoms with E-state index in [9.17, 15) is 24.6 Å². The van der Waals surface area contributed by atoms with Gasteiger partial charge in [-0.2, -0.15) is 0 Å². The molecule has 0 saturated carbocycles. The van der Waals surface area contributed by atoms with Gasteiger partial charge < -0.3 is 37.6 Å². The second-order valence-corrected chi connectivity index (χ2v) is 4.26. The van der Waals surface area contributed by atoms with Gasteiger partial charge in [0.05, 0.1) is 23.0 Å². The van der Waals surface area contributed by atoms with E-state index in [1.54, 1.807) is 0 Å². The molecule has 0 aromatic carbocycles. The van der Waals surface area contributed by atoms with E-state index in [0.717, 1.165) is 22.4 Å². The highest BCUT2D eigenvalue weighted by Crippen LogP contribution is 2.31. The van der Waals surface area contributed by atoms with Crippen LogP contribution in [0.4, 0.5) is 0 Å².